The third-order valence-corrected chi connectivity index (χ3v) is 5.32. The van der Waals surface area contributed by atoms with Crippen LogP contribution in [0.3, 0.4) is 0 Å². The average molecular weight is 428 g/mol. The van der Waals surface area contributed by atoms with Crippen LogP contribution in [0.15, 0.2) is 28.8 Å². The molecule has 3 rings (SSSR count). The van der Waals surface area contributed by atoms with Crippen molar-refractivity contribution in [3.8, 4) is 0 Å². The Labute approximate surface area is 181 Å². The van der Waals surface area contributed by atoms with Gasteiger partial charge in [0.2, 0.25) is 23.6 Å². The zero-order chi connectivity index (χ0) is 22.3. The number of benzene rings is 1. The molecule has 0 saturated heterocycles. The first kappa shape index (κ1) is 22.5. The molecule has 31 heavy (non-hydrogen) atoms. The highest BCUT2D eigenvalue weighted by molar-refractivity contribution is 5.92. The van der Waals surface area contributed by atoms with Crippen LogP contribution in [-0.4, -0.2) is 27.9 Å². The van der Waals surface area contributed by atoms with E-state index in [4.69, 9.17) is 4.52 Å². The SMILES string of the molecule is CC(=O)Nc1ccc(NC(=O)CCc2nc(C3(NC(C)=O)CCCCCC3)no2)cc1. The molecule has 0 atom stereocenters. The molecule has 2 aromatic rings. The topological polar surface area (TPSA) is 126 Å². The molecule has 0 spiro atoms. The molecular formula is C22H29N5O4. The van der Waals surface area contributed by atoms with E-state index in [1.165, 1.54) is 13.8 Å². The number of amides is 3. The normalized spacial score (nSPS) is 15.5. The zero-order valence-electron chi connectivity index (χ0n) is 18.0. The molecular weight excluding hydrogens is 398 g/mol. The number of aromatic nitrogens is 2. The Kier molecular flexibility index (Phi) is 7.38. The largest absolute Gasteiger partial charge is 0.343 e. The van der Waals surface area contributed by atoms with Crippen molar-refractivity contribution in [3.63, 3.8) is 0 Å². The van der Waals surface area contributed by atoms with Gasteiger partial charge in [0.05, 0.1) is 0 Å². The van der Waals surface area contributed by atoms with Crippen molar-refractivity contribution >= 4 is 29.1 Å². The maximum atomic E-state index is 12.3. The summed E-state index contributed by atoms with van der Waals surface area (Å²) in [4.78, 5) is 39.7. The summed E-state index contributed by atoms with van der Waals surface area (Å²) in [6.07, 6.45) is 6.28. The number of hydrogen-bond acceptors (Lipinski definition) is 6. The van der Waals surface area contributed by atoms with Crippen LogP contribution in [0.2, 0.25) is 0 Å². The van der Waals surface area contributed by atoms with Crippen LogP contribution in [0, 0.1) is 0 Å². The van der Waals surface area contributed by atoms with Crippen molar-refractivity contribution in [2.24, 2.45) is 0 Å². The molecule has 1 saturated carbocycles. The molecule has 9 nitrogen and oxygen atoms in total. The number of nitrogens with one attached hydrogen (secondary N) is 3. The van der Waals surface area contributed by atoms with Gasteiger partial charge in [-0.2, -0.15) is 4.98 Å². The molecule has 9 heteroatoms. The number of aryl methyl sites for hydroxylation is 1. The molecule has 3 N–H and O–H groups in total. The number of rotatable bonds is 7. The van der Waals surface area contributed by atoms with E-state index in [0.717, 1.165) is 38.5 Å². The number of anilines is 2. The first-order valence-electron chi connectivity index (χ1n) is 10.7. The average Bonchev–Trinajstić information content (AvgIpc) is 3.07. The Hall–Kier alpha value is -3.23. The van der Waals surface area contributed by atoms with Gasteiger partial charge >= 0.3 is 0 Å². The standard InChI is InChI=1S/C22H29N5O4/c1-15(28)23-17-7-9-18(10-8-17)24-19(30)11-12-20-25-21(27-31-20)22(26-16(2)29)13-5-3-4-6-14-22/h7-10H,3-6,11-14H2,1-2H3,(H,23,28)(H,24,30)(H,26,29). The lowest BCUT2D eigenvalue weighted by Crippen LogP contribution is -2.45. The van der Waals surface area contributed by atoms with Crippen molar-refractivity contribution in [2.45, 2.75) is 70.8 Å². The third kappa shape index (κ3) is 6.37. The van der Waals surface area contributed by atoms with E-state index >= 15 is 0 Å². The Balaban J connectivity index is 1.58. The van der Waals surface area contributed by atoms with Crippen molar-refractivity contribution in [2.75, 3.05) is 10.6 Å². The smallest absolute Gasteiger partial charge is 0.227 e. The summed E-state index contributed by atoms with van der Waals surface area (Å²) in [5.41, 5.74) is 0.700. The Morgan fingerprint density at radius 3 is 2.13 bits per heavy atom. The second-order valence-electron chi connectivity index (χ2n) is 8.00. The van der Waals surface area contributed by atoms with Gasteiger partial charge in [-0.3, -0.25) is 14.4 Å². The van der Waals surface area contributed by atoms with E-state index in [9.17, 15) is 14.4 Å². The van der Waals surface area contributed by atoms with Crippen LogP contribution < -0.4 is 16.0 Å². The van der Waals surface area contributed by atoms with Crippen molar-refractivity contribution in [1.29, 1.82) is 0 Å². The van der Waals surface area contributed by atoms with Gasteiger partial charge < -0.3 is 20.5 Å². The van der Waals surface area contributed by atoms with Crippen molar-refractivity contribution in [3.05, 3.63) is 36.0 Å². The summed E-state index contributed by atoms with van der Waals surface area (Å²) < 4.78 is 5.39. The highest BCUT2D eigenvalue weighted by Crippen LogP contribution is 2.34. The van der Waals surface area contributed by atoms with Gasteiger partial charge in [0.15, 0.2) is 5.82 Å². The monoisotopic (exact) mass is 427 g/mol. The fourth-order valence-corrected chi connectivity index (χ4v) is 3.91. The molecule has 0 radical (unpaired) electrons. The van der Waals surface area contributed by atoms with Gasteiger partial charge in [-0.25, -0.2) is 0 Å². The summed E-state index contributed by atoms with van der Waals surface area (Å²) in [7, 11) is 0. The molecule has 1 aliphatic rings. The number of carbonyl (C=O) groups is 3. The van der Waals surface area contributed by atoms with Gasteiger partial charge in [-0.05, 0) is 37.1 Å². The van der Waals surface area contributed by atoms with Crippen LogP contribution >= 0.6 is 0 Å². The fraction of sp³-hybridized carbons (Fsp3) is 0.500. The zero-order valence-corrected chi connectivity index (χ0v) is 18.0. The second kappa shape index (κ2) is 10.2. The van der Waals surface area contributed by atoms with Gasteiger partial charge in [-0.15, -0.1) is 0 Å². The van der Waals surface area contributed by atoms with Crippen molar-refractivity contribution in [1.82, 2.24) is 15.5 Å². The van der Waals surface area contributed by atoms with Crippen LogP contribution in [0.4, 0.5) is 11.4 Å². The fourth-order valence-electron chi connectivity index (χ4n) is 3.91. The molecule has 1 aromatic carbocycles. The molecule has 166 valence electrons. The maximum Gasteiger partial charge on any atom is 0.227 e. The summed E-state index contributed by atoms with van der Waals surface area (Å²) in [6.45, 7) is 2.94. The van der Waals surface area contributed by atoms with E-state index in [1.807, 2.05) is 0 Å². The van der Waals surface area contributed by atoms with Crippen molar-refractivity contribution < 1.29 is 18.9 Å². The number of hydrogen-bond donors (Lipinski definition) is 3. The third-order valence-electron chi connectivity index (χ3n) is 5.32. The molecule has 1 fully saturated rings. The highest BCUT2D eigenvalue weighted by Gasteiger charge is 2.38. The minimum Gasteiger partial charge on any atom is -0.343 e. The Bertz CT molecular complexity index is 914. The lowest BCUT2D eigenvalue weighted by molar-refractivity contribution is -0.121. The van der Waals surface area contributed by atoms with E-state index in [2.05, 4.69) is 26.1 Å². The van der Waals surface area contributed by atoms with Crippen LogP contribution in [0.25, 0.3) is 0 Å². The van der Waals surface area contributed by atoms with E-state index in [-0.39, 0.29) is 24.1 Å². The molecule has 0 unspecified atom stereocenters. The number of nitrogens with zero attached hydrogens (tertiary/aromatic N) is 2. The molecule has 0 aliphatic heterocycles. The number of carbonyl (C=O) groups excluding carboxylic acids is 3. The van der Waals surface area contributed by atoms with Crippen LogP contribution in [0.1, 0.15) is 70.5 Å². The van der Waals surface area contributed by atoms with Gasteiger partial charge in [0.1, 0.15) is 5.54 Å². The maximum absolute atomic E-state index is 12.3. The molecule has 1 aromatic heterocycles. The molecule has 1 aliphatic carbocycles. The molecule has 0 bridgehead atoms. The van der Waals surface area contributed by atoms with Gasteiger partial charge in [0, 0.05) is 38.1 Å². The van der Waals surface area contributed by atoms with E-state index in [1.54, 1.807) is 24.3 Å². The van der Waals surface area contributed by atoms with Gasteiger partial charge in [0.25, 0.3) is 0 Å². The van der Waals surface area contributed by atoms with E-state index in [0.29, 0.717) is 29.5 Å². The minimum absolute atomic E-state index is 0.114. The first-order chi connectivity index (χ1) is 14.9. The summed E-state index contributed by atoms with van der Waals surface area (Å²) in [5.74, 6) is 0.420. The predicted octanol–water partition coefficient (Wildman–Crippen LogP) is 3.28. The lowest BCUT2D eigenvalue weighted by atomic mass is 9.89. The quantitative estimate of drug-likeness (QED) is 0.582. The van der Waals surface area contributed by atoms with Gasteiger partial charge in [-0.1, -0.05) is 30.8 Å². The van der Waals surface area contributed by atoms with Crippen LogP contribution in [-0.2, 0) is 26.3 Å². The lowest BCUT2D eigenvalue weighted by Gasteiger charge is -2.30. The van der Waals surface area contributed by atoms with Crippen LogP contribution in [0.5, 0.6) is 0 Å². The molecule has 3 amide bonds. The highest BCUT2D eigenvalue weighted by atomic mass is 16.5. The summed E-state index contributed by atoms with van der Waals surface area (Å²) in [6, 6.07) is 6.87. The first-order valence-corrected chi connectivity index (χ1v) is 10.7. The molecule has 1 heterocycles. The second-order valence-corrected chi connectivity index (χ2v) is 8.00. The predicted molar refractivity (Wildman–Crippen MR) is 115 cm³/mol. The Morgan fingerprint density at radius 2 is 1.55 bits per heavy atom. The Morgan fingerprint density at radius 1 is 0.935 bits per heavy atom. The summed E-state index contributed by atoms with van der Waals surface area (Å²) >= 11 is 0. The van der Waals surface area contributed by atoms with E-state index < -0.39 is 5.54 Å². The minimum atomic E-state index is -0.595. The summed E-state index contributed by atoms with van der Waals surface area (Å²) in [5, 5.41) is 12.7.